The van der Waals surface area contributed by atoms with Crippen molar-refractivity contribution >= 4 is 17.3 Å². The minimum absolute atomic E-state index is 0.0196. The Kier molecular flexibility index (Phi) is 4.90. The van der Waals surface area contributed by atoms with Gasteiger partial charge in [-0.25, -0.2) is 4.98 Å². The summed E-state index contributed by atoms with van der Waals surface area (Å²) in [7, 11) is 0. The van der Waals surface area contributed by atoms with Gasteiger partial charge in [0, 0.05) is 42.1 Å². The topological polar surface area (TPSA) is 104 Å². The van der Waals surface area contributed by atoms with E-state index in [9.17, 15) is 14.9 Å². The molecule has 2 heterocycles. The van der Waals surface area contributed by atoms with Crippen LogP contribution in [0.25, 0.3) is 0 Å². The van der Waals surface area contributed by atoms with Crippen LogP contribution in [0.5, 0.6) is 5.88 Å². The molecule has 0 saturated carbocycles. The average Bonchev–Trinajstić information content (AvgIpc) is 3.09. The number of non-ortho nitro benzene ring substituents is 1. The van der Waals surface area contributed by atoms with Crippen molar-refractivity contribution in [1.29, 1.82) is 0 Å². The third-order valence-corrected chi connectivity index (χ3v) is 3.84. The van der Waals surface area contributed by atoms with Gasteiger partial charge in [0.05, 0.1) is 18.1 Å². The van der Waals surface area contributed by atoms with Crippen LogP contribution in [0.4, 0.5) is 11.4 Å². The van der Waals surface area contributed by atoms with Gasteiger partial charge in [-0.3, -0.25) is 14.9 Å². The molecule has 1 aliphatic rings. The van der Waals surface area contributed by atoms with E-state index in [1.807, 2.05) is 0 Å². The van der Waals surface area contributed by atoms with Crippen LogP contribution in [0.1, 0.15) is 22.3 Å². The summed E-state index contributed by atoms with van der Waals surface area (Å²) in [5, 5.41) is 13.5. The van der Waals surface area contributed by atoms with Crippen molar-refractivity contribution in [1.82, 2.24) is 4.98 Å². The van der Waals surface area contributed by atoms with Crippen LogP contribution in [0.3, 0.4) is 0 Å². The molecule has 1 aromatic heterocycles. The number of nitro benzene ring substituents is 1. The van der Waals surface area contributed by atoms with Gasteiger partial charge in [0.1, 0.15) is 6.10 Å². The Labute approximate surface area is 143 Å². The molecule has 0 radical (unpaired) electrons. The number of pyridine rings is 1. The normalized spacial score (nSPS) is 16.4. The molecule has 1 atom stereocenters. The van der Waals surface area contributed by atoms with Gasteiger partial charge in [0.2, 0.25) is 5.88 Å². The Bertz CT molecular complexity index is 803. The fourth-order valence-corrected chi connectivity index (χ4v) is 2.49. The predicted octanol–water partition coefficient (Wildman–Crippen LogP) is 2.72. The van der Waals surface area contributed by atoms with Crippen molar-refractivity contribution in [2.24, 2.45) is 0 Å². The van der Waals surface area contributed by atoms with Crippen LogP contribution in [0.2, 0.25) is 0 Å². The molecule has 25 heavy (non-hydrogen) atoms. The Balaban J connectivity index is 1.71. The number of carbonyl (C=O) groups is 1. The molecule has 0 spiro atoms. The highest BCUT2D eigenvalue weighted by Gasteiger charge is 2.18. The minimum atomic E-state index is -0.474. The molecule has 1 fully saturated rings. The Morgan fingerprint density at radius 2 is 2.24 bits per heavy atom. The van der Waals surface area contributed by atoms with Crippen molar-refractivity contribution < 1.29 is 19.2 Å². The largest absolute Gasteiger partial charge is 0.472 e. The highest BCUT2D eigenvalue weighted by atomic mass is 16.6. The molecule has 1 saturated heterocycles. The summed E-state index contributed by atoms with van der Waals surface area (Å²) < 4.78 is 10.9. The van der Waals surface area contributed by atoms with Gasteiger partial charge in [-0.2, -0.15) is 0 Å². The van der Waals surface area contributed by atoms with Gasteiger partial charge in [-0.05, 0) is 24.6 Å². The van der Waals surface area contributed by atoms with Crippen molar-refractivity contribution in [3.05, 3.63) is 57.8 Å². The summed E-state index contributed by atoms with van der Waals surface area (Å²) in [6.45, 7) is 2.87. The van der Waals surface area contributed by atoms with E-state index in [2.05, 4.69) is 10.3 Å². The lowest BCUT2D eigenvalue weighted by molar-refractivity contribution is -0.384. The van der Waals surface area contributed by atoms with Crippen molar-refractivity contribution in [2.75, 3.05) is 18.5 Å². The molecule has 1 aliphatic heterocycles. The number of carbonyl (C=O) groups excluding carboxylic acids is 1. The predicted molar refractivity (Wildman–Crippen MR) is 89.9 cm³/mol. The molecule has 8 heteroatoms. The molecule has 3 rings (SSSR count). The lowest BCUT2D eigenvalue weighted by Gasteiger charge is -2.12. The number of aryl methyl sites for hydroxylation is 1. The molecule has 0 bridgehead atoms. The Hall–Kier alpha value is -3.00. The highest BCUT2D eigenvalue weighted by Crippen LogP contribution is 2.22. The van der Waals surface area contributed by atoms with E-state index in [1.165, 1.54) is 24.4 Å². The van der Waals surface area contributed by atoms with Crippen LogP contribution < -0.4 is 10.1 Å². The molecule has 8 nitrogen and oxygen atoms in total. The number of amides is 1. The number of ether oxygens (including phenoxy) is 2. The zero-order valence-electron chi connectivity index (χ0n) is 13.6. The lowest BCUT2D eigenvalue weighted by Crippen LogP contribution is -2.17. The van der Waals surface area contributed by atoms with Gasteiger partial charge in [-0.15, -0.1) is 0 Å². The Morgan fingerprint density at radius 1 is 1.40 bits per heavy atom. The number of aromatic nitrogens is 1. The Morgan fingerprint density at radius 3 is 2.92 bits per heavy atom. The molecule has 130 valence electrons. The van der Waals surface area contributed by atoms with Crippen LogP contribution in [-0.4, -0.2) is 35.1 Å². The highest BCUT2D eigenvalue weighted by molar-refractivity contribution is 6.04. The zero-order chi connectivity index (χ0) is 17.8. The van der Waals surface area contributed by atoms with E-state index in [1.54, 1.807) is 19.1 Å². The first-order valence-electron chi connectivity index (χ1n) is 7.80. The van der Waals surface area contributed by atoms with Crippen molar-refractivity contribution in [3.63, 3.8) is 0 Å². The maximum absolute atomic E-state index is 12.4. The molecule has 1 unspecified atom stereocenters. The summed E-state index contributed by atoms with van der Waals surface area (Å²) in [6.07, 6.45) is 2.24. The number of rotatable bonds is 5. The van der Waals surface area contributed by atoms with Gasteiger partial charge < -0.3 is 14.8 Å². The number of nitro groups is 1. The van der Waals surface area contributed by atoms with Gasteiger partial charge in [0.25, 0.3) is 11.6 Å². The average molecular weight is 343 g/mol. The van der Waals surface area contributed by atoms with Gasteiger partial charge >= 0.3 is 0 Å². The molecule has 1 aromatic carbocycles. The van der Waals surface area contributed by atoms with Crippen LogP contribution >= 0.6 is 0 Å². The lowest BCUT2D eigenvalue weighted by atomic mass is 10.1. The SMILES string of the molecule is Cc1cc([N+](=O)[O-])ccc1NC(=O)c1ccnc(OC2CCOC2)c1. The number of nitrogens with one attached hydrogen (secondary N) is 1. The van der Waals surface area contributed by atoms with Crippen LogP contribution in [0, 0.1) is 17.0 Å². The maximum atomic E-state index is 12.4. The molecule has 0 aliphatic carbocycles. The summed E-state index contributed by atoms with van der Waals surface area (Å²) in [5.41, 5.74) is 1.49. The number of hydrogen-bond acceptors (Lipinski definition) is 6. The van der Waals surface area contributed by atoms with Crippen molar-refractivity contribution in [2.45, 2.75) is 19.4 Å². The fourth-order valence-electron chi connectivity index (χ4n) is 2.49. The third kappa shape index (κ3) is 4.10. The third-order valence-electron chi connectivity index (χ3n) is 3.84. The van der Waals surface area contributed by atoms with E-state index in [0.29, 0.717) is 35.9 Å². The molecular weight excluding hydrogens is 326 g/mol. The van der Waals surface area contributed by atoms with Gasteiger partial charge in [-0.1, -0.05) is 0 Å². The quantitative estimate of drug-likeness (QED) is 0.661. The van der Waals surface area contributed by atoms with E-state index < -0.39 is 4.92 Å². The minimum Gasteiger partial charge on any atom is -0.472 e. The second-order valence-electron chi connectivity index (χ2n) is 5.70. The number of anilines is 1. The van der Waals surface area contributed by atoms with E-state index in [4.69, 9.17) is 9.47 Å². The van der Waals surface area contributed by atoms with E-state index in [-0.39, 0.29) is 17.7 Å². The van der Waals surface area contributed by atoms with Gasteiger partial charge in [0.15, 0.2) is 0 Å². The number of nitrogens with zero attached hydrogens (tertiary/aromatic N) is 2. The first-order valence-corrected chi connectivity index (χ1v) is 7.80. The summed E-state index contributed by atoms with van der Waals surface area (Å²) >= 11 is 0. The fraction of sp³-hybridized carbons (Fsp3) is 0.294. The second-order valence-corrected chi connectivity index (χ2v) is 5.70. The summed E-state index contributed by atoms with van der Waals surface area (Å²) in [5.74, 6) is 0.0236. The first kappa shape index (κ1) is 16.8. The smallest absolute Gasteiger partial charge is 0.269 e. The van der Waals surface area contributed by atoms with Crippen molar-refractivity contribution in [3.8, 4) is 5.88 Å². The second kappa shape index (κ2) is 7.27. The van der Waals surface area contributed by atoms with Crippen LogP contribution in [-0.2, 0) is 4.74 Å². The number of hydrogen-bond donors (Lipinski definition) is 1. The monoisotopic (exact) mass is 343 g/mol. The van der Waals surface area contributed by atoms with E-state index in [0.717, 1.165) is 6.42 Å². The molecule has 1 amide bonds. The maximum Gasteiger partial charge on any atom is 0.269 e. The first-order chi connectivity index (χ1) is 12.0. The molecule has 2 aromatic rings. The van der Waals surface area contributed by atoms with Crippen LogP contribution in [0.15, 0.2) is 36.5 Å². The number of benzene rings is 1. The molecular formula is C17H17N3O5. The summed E-state index contributed by atoms with van der Waals surface area (Å²) in [4.78, 5) is 26.8. The zero-order valence-corrected chi connectivity index (χ0v) is 13.6. The summed E-state index contributed by atoms with van der Waals surface area (Å²) in [6, 6.07) is 7.42. The standard InChI is InChI=1S/C17H17N3O5/c1-11-8-13(20(22)23)2-3-15(11)19-17(21)12-4-6-18-16(9-12)25-14-5-7-24-10-14/h2-4,6,8-9,14H,5,7,10H2,1H3,(H,19,21). The molecule has 1 N–H and O–H groups in total. The van der Waals surface area contributed by atoms with E-state index >= 15 is 0 Å².